The zero-order chi connectivity index (χ0) is 12.3. The molecule has 0 radical (unpaired) electrons. The molecule has 0 aliphatic carbocycles. The molecule has 0 bridgehead atoms. The van der Waals surface area contributed by atoms with Crippen LogP contribution in [0.15, 0.2) is 17.1 Å². The molecule has 1 rings (SSSR count). The molecule has 0 saturated heterocycles. The van der Waals surface area contributed by atoms with Crippen molar-refractivity contribution in [2.24, 2.45) is 4.99 Å². The van der Waals surface area contributed by atoms with Crippen LogP contribution in [0, 0.1) is 6.92 Å². The number of hydrogen-bond acceptors (Lipinski definition) is 1. The van der Waals surface area contributed by atoms with Gasteiger partial charge in [-0.3, -0.25) is 4.99 Å². The lowest BCUT2D eigenvalue weighted by Crippen LogP contribution is -2.01. The lowest BCUT2D eigenvalue weighted by atomic mass is 9.89. The Morgan fingerprint density at radius 1 is 1.06 bits per heavy atom. The van der Waals surface area contributed by atoms with Gasteiger partial charge in [0.2, 0.25) is 0 Å². The van der Waals surface area contributed by atoms with Crippen LogP contribution in [0.25, 0.3) is 0 Å². The standard InChI is InChI=1S/C15H23N/c1-10(2)13-7-14(9-16-6)12(5)15(8-13)11(3)4/h7-11H,1-6H3/b16-9-. The summed E-state index contributed by atoms with van der Waals surface area (Å²) in [4.78, 5) is 4.14. The van der Waals surface area contributed by atoms with Crippen LogP contribution >= 0.6 is 0 Å². The monoisotopic (exact) mass is 217 g/mol. The molecule has 16 heavy (non-hydrogen) atoms. The fourth-order valence-corrected chi connectivity index (χ4v) is 1.99. The van der Waals surface area contributed by atoms with E-state index >= 15 is 0 Å². The Morgan fingerprint density at radius 3 is 2.12 bits per heavy atom. The van der Waals surface area contributed by atoms with Gasteiger partial charge in [0.25, 0.3) is 0 Å². The summed E-state index contributed by atoms with van der Waals surface area (Å²) in [5.41, 5.74) is 5.48. The van der Waals surface area contributed by atoms with E-state index in [-0.39, 0.29) is 0 Å². The fourth-order valence-electron chi connectivity index (χ4n) is 1.99. The van der Waals surface area contributed by atoms with E-state index in [0.717, 1.165) is 0 Å². The van der Waals surface area contributed by atoms with Gasteiger partial charge < -0.3 is 0 Å². The summed E-state index contributed by atoms with van der Waals surface area (Å²) in [6, 6.07) is 4.61. The van der Waals surface area contributed by atoms with Crippen LogP contribution in [0.1, 0.15) is 61.8 Å². The van der Waals surface area contributed by atoms with Crippen molar-refractivity contribution in [1.29, 1.82) is 0 Å². The Hall–Kier alpha value is -1.11. The molecular formula is C15H23N. The summed E-state index contributed by atoms with van der Waals surface area (Å²) >= 11 is 0. The van der Waals surface area contributed by atoms with Gasteiger partial charge >= 0.3 is 0 Å². The molecule has 0 saturated carbocycles. The zero-order valence-corrected chi connectivity index (χ0v) is 11.3. The molecule has 88 valence electrons. The highest BCUT2D eigenvalue weighted by atomic mass is 14.6. The first kappa shape index (κ1) is 13.0. The predicted molar refractivity (Wildman–Crippen MR) is 72.9 cm³/mol. The summed E-state index contributed by atoms with van der Waals surface area (Å²) in [6.45, 7) is 11.2. The minimum atomic E-state index is 0.571. The second-order valence-corrected chi connectivity index (χ2v) is 5.02. The summed E-state index contributed by atoms with van der Waals surface area (Å²) < 4.78 is 0. The number of hydrogen-bond donors (Lipinski definition) is 0. The molecule has 0 unspecified atom stereocenters. The van der Waals surface area contributed by atoms with E-state index in [2.05, 4.69) is 51.7 Å². The minimum absolute atomic E-state index is 0.571. The van der Waals surface area contributed by atoms with E-state index in [1.807, 2.05) is 13.3 Å². The molecule has 0 aliphatic heterocycles. The van der Waals surface area contributed by atoms with Gasteiger partial charge in [-0.15, -0.1) is 0 Å². The number of nitrogens with zero attached hydrogens (tertiary/aromatic N) is 1. The van der Waals surface area contributed by atoms with Gasteiger partial charge in [-0.1, -0.05) is 33.8 Å². The zero-order valence-electron chi connectivity index (χ0n) is 11.3. The molecular weight excluding hydrogens is 194 g/mol. The molecule has 0 fully saturated rings. The molecule has 0 spiro atoms. The van der Waals surface area contributed by atoms with Gasteiger partial charge in [-0.05, 0) is 47.1 Å². The van der Waals surface area contributed by atoms with Gasteiger partial charge in [0.15, 0.2) is 0 Å². The average Bonchev–Trinajstić information content (AvgIpc) is 2.20. The minimum Gasteiger partial charge on any atom is -0.296 e. The van der Waals surface area contributed by atoms with E-state index in [9.17, 15) is 0 Å². The maximum absolute atomic E-state index is 4.14. The Balaban J connectivity index is 3.38. The van der Waals surface area contributed by atoms with Crippen molar-refractivity contribution < 1.29 is 0 Å². The Bertz CT molecular complexity index is 387. The van der Waals surface area contributed by atoms with Crippen molar-refractivity contribution in [2.45, 2.75) is 46.5 Å². The van der Waals surface area contributed by atoms with Crippen molar-refractivity contribution in [1.82, 2.24) is 0 Å². The Labute approximate surface area is 99.6 Å². The normalized spacial score (nSPS) is 12.0. The summed E-state index contributed by atoms with van der Waals surface area (Å²) in [6.07, 6.45) is 1.97. The molecule has 0 amide bonds. The van der Waals surface area contributed by atoms with Crippen molar-refractivity contribution in [3.05, 3.63) is 34.4 Å². The molecule has 0 aliphatic rings. The first-order chi connectivity index (χ1) is 7.47. The summed E-state index contributed by atoms with van der Waals surface area (Å²) in [5.74, 6) is 1.14. The molecule has 1 nitrogen and oxygen atoms in total. The highest BCUT2D eigenvalue weighted by Crippen LogP contribution is 2.26. The summed E-state index contributed by atoms with van der Waals surface area (Å²) in [7, 11) is 1.83. The number of aliphatic imine (C=N–C) groups is 1. The van der Waals surface area contributed by atoms with E-state index in [0.29, 0.717) is 11.8 Å². The van der Waals surface area contributed by atoms with E-state index < -0.39 is 0 Å². The highest BCUT2D eigenvalue weighted by Gasteiger charge is 2.10. The second kappa shape index (κ2) is 5.29. The third-order valence-corrected chi connectivity index (χ3v) is 3.07. The largest absolute Gasteiger partial charge is 0.296 e. The van der Waals surface area contributed by atoms with Crippen LogP contribution < -0.4 is 0 Å². The maximum atomic E-state index is 4.14. The second-order valence-electron chi connectivity index (χ2n) is 5.02. The molecule has 1 heteroatoms. The third kappa shape index (κ3) is 2.72. The van der Waals surface area contributed by atoms with Gasteiger partial charge in [0.05, 0.1) is 0 Å². The Morgan fingerprint density at radius 2 is 1.69 bits per heavy atom. The van der Waals surface area contributed by atoms with Crippen LogP contribution in [-0.4, -0.2) is 13.3 Å². The van der Waals surface area contributed by atoms with Crippen molar-refractivity contribution in [2.75, 3.05) is 7.05 Å². The van der Waals surface area contributed by atoms with Crippen LogP contribution in [0.4, 0.5) is 0 Å². The van der Waals surface area contributed by atoms with E-state index in [4.69, 9.17) is 0 Å². The van der Waals surface area contributed by atoms with Gasteiger partial charge in [0, 0.05) is 13.3 Å². The first-order valence-electron chi connectivity index (χ1n) is 6.04. The van der Waals surface area contributed by atoms with Crippen LogP contribution in [-0.2, 0) is 0 Å². The number of rotatable bonds is 3. The smallest absolute Gasteiger partial charge is 0.0284 e. The quantitative estimate of drug-likeness (QED) is 0.670. The molecule has 1 aromatic carbocycles. The van der Waals surface area contributed by atoms with Crippen LogP contribution in [0.3, 0.4) is 0 Å². The Kier molecular flexibility index (Phi) is 4.28. The van der Waals surface area contributed by atoms with Gasteiger partial charge in [-0.2, -0.15) is 0 Å². The molecule has 0 heterocycles. The predicted octanol–water partition coefficient (Wildman–Crippen LogP) is 4.29. The fraction of sp³-hybridized carbons (Fsp3) is 0.533. The lowest BCUT2D eigenvalue weighted by Gasteiger charge is -2.16. The average molecular weight is 217 g/mol. The molecule has 0 atom stereocenters. The molecule has 0 aromatic heterocycles. The topological polar surface area (TPSA) is 12.4 Å². The molecule has 1 aromatic rings. The lowest BCUT2D eigenvalue weighted by molar-refractivity contribution is 0.826. The first-order valence-corrected chi connectivity index (χ1v) is 6.04. The number of benzene rings is 1. The SMILES string of the molecule is C/N=C\c1cc(C(C)C)cc(C(C)C)c1C. The van der Waals surface area contributed by atoms with Crippen LogP contribution in [0.2, 0.25) is 0 Å². The summed E-state index contributed by atoms with van der Waals surface area (Å²) in [5, 5.41) is 0. The van der Waals surface area contributed by atoms with Crippen molar-refractivity contribution in [3.8, 4) is 0 Å². The third-order valence-electron chi connectivity index (χ3n) is 3.07. The van der Waals surface area contributed by atoms with Gasteiger partial charge in [0.1, 0.15) is 0 Å². The van der Waals surface area contributed by atoms with Gasteiger partial charge in [-0.25, -0.2) is 0 Å². The van der Waals surface area contributed by atoms with E-state index in [1.165, 1.54) is 22.3 Å². The van der Waals surface area contributed by atoms with Crippen molar-refractivity contribution >= 4 is 6.21 Å². The van der Waals surface area contributed by atoms with E-state index in [1.54, 1.807) is 0 Å². The highest BCUT2D eigenvalue weighted by molar-refractivity contribution is 5.82. The maximum Gasteiger partial charge on any atom is 0.0284 e. The van der Waals surface area contributed by atoms with Crippen molar-refractivity contribution in [3.63, 3.8) is 0 Å². The van der Waals surface area contributed by atoms with Crippen LogP contribution in [0.5, 0.6) is 0 Å². The molecule has 0 N–H and O–H groups in total.